The van der Waals surface area contributed by atoms with Crippen molar-refractivity contribution in [1.29, 1.82) is 0 Å². The highest BCUT2D eigenvalue weighted by atomic mass is 32.2. The second kappa shape index (κ2) is 3.64. The third-order valence-electron chi connectivity index (χ3n) is 2.48. The summed E-state index contributed by atoms with van der Waals surface area (Å²) in [6.07, 6.45) is 1.76. The van der Waals surface area contributed by atoms with Crippen LogP contribution in [0, 0.1) is 6.92 Å². The fourth-order valence-corrected chi connectivity index (χ4v) is 2.78. The number of hydrogen-bond donors (Lipinski definition) is 1. The van der Waals surface area contributed by atoms with Gasteiger partial charge in [0.15, 0.2) is 0 Å². The molecule has 0 saturated carbocycles. The summed E-state index contributed by atoms with van der Waals surface area (Å²) in [5, 5.41) is 2.07. The fraction of sp³-hybridized carbons (Fsp3) is 0.0833. The summed E-state index contributed by atoms with van der Waals surface area (Å²) in [6, 6.07) is 7.97. The lowest BCUT2D eigenvalue weighted by Gasteiger charge is -1.90. The van der Waals surface area contributed by atoms with Crippen LogP contribution in [0.1, 0.15) is 5.69 Å². The van der Waals surface area contributed by atoms with E-state index in [4.69, 9.17) is 4.42 Å². The molecule has 2 aromatic heterocycles. The summed E-state index contributed by atoms with van der Waals surface area (Å²) in [5.41, 5.74) is 2.91. The second-order valence-electron chi connectivity index (χ2n) is 3.56. The van der Waals surface area contributed by atoms with Gasteiger partial charge in [-0.3, -0.25) is 0 Å². The molecule has 0 atom stereocenters. The molecule has 1 aromatic carbocycles. The Morgan fingerprint density at radius 2 is 2.12 bits per heavy atom. The molecule has 0 aliphatic carbocycles. The topological polar surface area (TPSA) is 26.0 Å². The summed E-state index contributed by atoms with van der Waals surface area (Å²) in [6.45, 7) is 1.96. The molecule has 0 saturated heterocycles. The minimum atomic E-state index is 0.895. The van der Waals surface area contributed by atoms with Crippen LogP contribution in [0.5, 0.6) is 0 Å². The van der Waals surface area contributed by atoms with Crippen LogP contribution in [0.2, 0.25) is 0 Å². The molecule has 0 fully saturated rings. The van der Waals surface area contributed by atoms with E-state index >= 15 is 0 Å². The Labute approximate surface area is 102 Å². The highest BCUT2D eigenvalue weighted by Gasteiger charge is 2.12. The number of fused-ring (bicyclic) bond motifs is 1. The van der Waals surface area contributed by atoms with Gasteiger partial charge in [0.25, 0.3) is 0 Å². The largest absolute Gasteiger partial charge is 0.464 e. The molecule has 0 aliphatic heterocycles. The third-order valence-corrected chi connectivity index (χ3v) is 4.07. The van der Waals surface area contributed by atoms with Crippen LogP contribution in [-0.2, 0) is 0 Å². The number of thiazole rings is 1. The van der Waals surface area contributed by atoms with Crippen molar-refractivity contribution in [3.63, 3.8) is 0 Å². The standard InChI is InChI=1S/C12H9NOS2/c1-7-12(15)16-11(13-7)9-6-14-10-5-3-2-4-8(9)10/h2-6,15H,1H3. The molecule has 3 aromatic rings. The maximum atomic E-state index is 5.49. The fourth-order valence-electron chi connectivity index (χ4n) is 1.65. The van der Waals surface area contributed by atoms with Crippen LogP contribution in [-0.4, -0.2) is 4.98 Å². The number of aromatic nitrogens is 1. The quantitative estimate of drug-likeness (QED) is 0.654. The normalized spacial score (nSPS) is 11.1. The third kappa shape index (κ3) is 1.45. The SMILES string of the molecule is Cc1nc(-c2coc3ccccc23)sc1S. The number of benzene rings is 1. The zero-order valence-electron chi connectivity index (χ0n) is 8.60. The van der Waals surface area contributed by atoms with Gasteiger partial charge in [0.1, 0.15) is 16.9 Å². The zero-order chi connectivity index (χ0) is 11.1. The van der Waals surface area contributed by atoms with E-state index in [-0.39, 0.29) is 0 Å². The molecule has 0 spiro atoms. The zero-order valence-corrected chi connectivity index (χ0v) is 10.3. The van der Waals surface area contributed by atoms with Crippen molar-refractivity contribution in [2.75, 3.05) is 0 Å². The Balaban J connectivity index is 2.26. The van der Waals surface area contributed by atoms with Crippen molar-refractivity contribution in [1.82, 2.24) is 4.98 Å². The van der Waals surface area contributed by atoms with Crippen LogP contribution in [0.4, 0.5) is 0 Å². The van der Waals surface area contributed by atoms with Gasteiger partial charge in [0.05, 0.1) is 15.5 Å². The van der Waals surface area contributed by atoms with Crippen LogP contribution in [0.25, 0.3) is 21.5 Å². The van der Waals surface area contributed by atoms with Crippen molar-refractivity contribution >= 4 is 34.9 Å². The Hall–Kier alpha value is -1.26. The lowest BCUT2D eigenvalue weighted by Crippen LogP contribution is -1.74. The van der Waals surface area contributed by atoms with Gasteiger partial charge in [-0.15, -0.1) is 24.0 Å². The van der Waals surface area contributed by atoms with Crippen molar-refractivity contribution in [3.05, 3.63) is 36.2 Å². The average molecular weight is 247 g/mol. The molecule has 80 valence electrons. The molecule has 2 nitrogen and oxygen atoms in total. The molecule has 16 heavy (non-hydrogen) atoms. The van der Waals surface area contributed by atoms with Gasteiger partial charge in [-0.25, -0.2) is 4.98 Å². The minimum absolute atomic E-state index is 0.895. The molecule has 0 bridgehead atoms. The summed E-state index contributed by atoms with van der Waals surface area (Å²) in [5.74, 6) is 0. The van der Waals surface area contributed by atoms with Crippen LogP contribution < -0.4 is 0 Å². The van der Waals surface area contributed by atoms with Gasteiger partial charge in [-0.1, -0.05) is 18.2 Å². The molecule has 3 rings (SSSR count). The van der Waals surface area contributed by atoms with Crippen molar-refractivity contribution in [2.24, 2.45) is 0 Å². The first-order valence-electron chi connectivity index (χ1n) is 4.88. The monoisotopic (exact) mass is 247 g/mol. The molecule has 4 heteroatoms. The lowest BCUT2D eigenvalue weighted by molar-refractivity contribution is 0.617. The van der Waals surface area contributed by atoms with E-state index in [1.54, 1.807) is 17.6 Å². The molecular formula is C12H9NOS2. The molecule has 0 amide bonds. The first-order chi connectivity index (χ1) is 7.75. The number of para-hydroxylation sites is 1. The first-order valence-corrected chi connectivity index (χ1v) is 6.15. The van der Waals surface area contributed by atoms with Gasteiger partial charge in [-0.05, 0) is 13.0 Å². The van der Waals surface area contributed by atoms with Crippen molar-refractivity contribution in [3.8, 4) is 10.6 Å². The highest BCUT2D eigenvalue weighted by molar-refractivity contribution is 7.83. The van der Waals surface area contributed by atoms with Crippen LogP contribution >= 0.6 is 24.0 Å². The Bertz CT molecular complexity index is 634. The molecule has 0 unspecified atom stereocenters. The average Bonchev–Trinajstić information content (AvgIpc) is 2.83. The minimum Gasteiger partial charge on any atom is -0.464 e. The van der Waals surface area contributed by atoms with E-state index in [2.05, 4.69) is 17.6 Å². The Morgan fingerprint density at radius 3 is 2.88 bits per heavy atom. The molecule has 0 radical (unpaired) electrons. The smallest absolute Gasteiger partial charge is 0.134 e. The number of hydrogen-bond acceptors (Lipinski definition) is 4. The predicted molar refractivity (Wildman–Crippen MR) is 69.3 cm³/mol. The van der Waals surface area contributed by atoms with Crippen LogP contribution in [0.3, 0.4) is 0 Å². The number of thiol groups is 1. The molecular weight excluding hydrogens is 238 g/mol. The van der Waals surface area contributed by atoms with Crippen molar-refractivity contribution in [2.45, 2.75) is 11.1 Å². The van der Waals surface area contributed by atoms with E-state index < -0.39 is 0 Å². The van der Waals surface area contributed by atoms with Crippen molar-refractivity contribution < 1.29 is 4.42 Å². The predicted octanol–water partition coefficient (Wildman–Crippen LogP) is 4.15. The number of rotatable bonds is 1. The van der Waals surface area contributed by atoms with E-state index in [0.717, 1.165) is 31.4 Å². The molecule has 0 N–H and O–H groups in total. The van der Waals surface area contributed by atoms with Gasteiger partial charge < -0.3 is 4.42 Å². The first kappa shape index (κ1) is 9.93. The molecule has 0 aliphatic rings. The maximum absolute atomic E-state index is 5.49. The highest BCUT2D eigenvalue weighted by Crippen LogP contribution is 2.35. The maximum Gasteiger partial charge on any atom is 0.134 e. The van der Waals surface area contributed by atoms with Crippen LogP contribution in [0.15, 0.2) is 39.2 Å². The number of nitrogens with zero attached hydrogens (tertiary/aromatic N) is 1. The summed E-state index contributed by atoms with van der Waals surface area (Å²) in [7, 11) is 0. The molecule has 2 heterocycles. The van der Waals surface area contributed by atoms with E-state index in [0.29, 0.717) is 0 Å². The van der Waals surface area contributed by atoms with Gasteiger partial charge in [-0.2, -0.15) is 0 Å². The summed E-state index contributed by atoms with van der Waals surface area (Å²) >= 11 is 5.95. The lowest BCUT2D eigenvalue weighted by atomic mass is 10.2. The van der Waals surface area contributed by atoms with E-state index in [1.807, 2.05) is 31.2 Å². The van der Waals surface area contributed by atoms with Gasteiger partial charge >= 0.3 is 0 Å². The van der Waals surface area contributed by atoms with Gasteiger partial charge in [0, 0.05) is 5.39 Å². The summed E-state index contributed by atoms with van der Waals surface area (Å²) < 4.78 is 6.45. The summed E-state index contributed by atoms with van der Waals surface area (Å²) in [4.78, 5) is 4.48. The van der Waals surface area contributed by atoms with E-state index in [1.165, 1.54) is 0 Å². The Kier molecular flexibility index (Phi) is 2.26. The van der Waals surface area contributed by atoms with Gasteiger partial charge in [0.2, 0.25) is 0 Å². The number of aryl methyl sites for hydroxylation is 1. The Morgan fingerprint density at radius 1 is 1.31 bits per heavy atom. The number of furan rings is 1. The second-order valence-corrected chi connectivity index (χ2v) is 5.30. The van der Waals surface area contributed by atoms with E-state index in [9.17, 15) is 0 Å².